The molecule has 0 amide bonds. The largest absolute Gasteiger partial charge is 0.469 e. The van der Waals surface area contributed by atoms with Crippen molar-refractivity contribution in [2.24, 2.45) is 0 Å². The van der Waals surface area contributed by atoms with Crippen LogP contribution in [0.4, 0.5) is 0 Å². The second-order valence-electron chi connectivity index (χ2n) is 4.17. The topological polar surface area (TPSA) is 59.8 Å². The first-order valence-corrected chi connectivity index (χ1v) is 7.24. The highest BCUT2D eigenvalue weighted by molar-refractivity contribution is 7.89. The maximum Gasteiger partial charge on any atom is 0.216 e. The number of hydrogen-bond donors (Lipinski definition) is 0. The third-order valence-corrected chi connectivity index (χ3v) is 4.84. The maximum atomic E-state index is 11.9. The van der Waals surface area contributed by atoms with E-state index in [4.69, 9.17) is 9.15 Å². The number of sulfonamides is 1. The van der Waals surface area contributed by atoms with E-state index in [2.05, 4.69) is 0 Å². The van der Waals surface area contributed by atoms with Gasteiger partial charge in [0.05, 0.1) is 18.6 Å². The van der Waals surface area contributed by atoms with Crippen LogP contribution in [0.25, 0.3) is 0 Å². The van der Waals surface area contributed by atoms with Gasteiger partial charge in [-0.3, -0.25) is 0 Å². The van der Waals surface area contributed by atoms with Crippen LogP contribution in [0.3, 0.4) is 0 Å². The molecular weight excluding hydrogens is 242 g/mol. The standard InChI is InChI=1S/C11H17NO4S/c1-15-7-8-17(13,14)12-5-4-10(9-12)11-3-2-6-16-11/h2-3,6,10H,4-5,7-9H2,1H3. The third kappa shape index (κ3) is 2.88. The van der Waals surface area contributed by atoms with E-state index in [1.54, 1.807) is 6.26 Å². The Kier molecular flexibility index (Phi) is 3.86. The lowest BCUT2D eigenvalue weighted by molar-refractivity contribution is 0.215. The van der Waals surface area contributed by atoms with Gasteiger partial charge >= 0.3 is 0 Å². The fourth-order valence-corrected chi connectivity index (χ4v) is 3.48. The maximum absolute atomic E-state index is 11.9. The summed E-state index contributed by atoms with van der Waals surface area (Å²) in [6.45, 7) is 1.32. The predicted molar refractivity (Wildman–Crippen MR) is 63.3 cm³/mol. The number of methoxy groups -OCH3 is 1. The molecule has 1 aliphatic heterocycles. The Morgan fingerprint density at radius 3 is 3.06 bits per heavy atom. The Hall–Kier alpha value is -0.850. The molecule has 96 valence electrons. The highest BCUT2D eigenvalue weighted by Gasteiger charge is 2.32. The van der Waals surface area contributed by atoms with Crippen LogP contribution in [0.2, 0.25) is 0 Å². The molecule has 1 aromatic rings. The molecular formula is C11H17NO4S. The van der Waals surface area contributed by atoms with Crippen molar-refractivity contribution in [3.05, 3.63) is 24.2 Å². The van der Waals surface area contributed by atoms with E-state index in [0.29, 0.717) is 13.1 Å². The number of hydrogen-bond acceptors (Lipinski definition) is 4. The second kappa shape index (κ2) is 5.20. The van der Waals surface area contributed by atoms with E-state index in [9.17, 15) is 8.42 Å². The molecule has 5 nitrogen and oxygen atoms in total. The molecule has 0 N–H and O–H groups in total. The van der Waals surface area contributed by atoms with Crippen LogP contribution in [0.15, 0.2) is 22.8 Å². The summed E-state index contributed by atoms with van der Waals surface area (Å²) in [5.41, 5.74) is 0. The van der Waals surface area contributed by atoms with Crippen LogP contribution < -0.4 is 0 Å². The van der Waals surface area contributed by atoms with Crippen molar-refractivity contribution in [1.29, 1.82) is 0 Å². The summed E-state index contributed by atoms with van der Waals surface area (Å²) in [7, 11) is -1.67. The lowest BCUT2D eigenvalue weighted by Gasteiger charge is -2.15. The van der Waals surface area contributed by atoms with E-state index in [1.807, 2.05) is 12.1 Å². The molecule has 0 radical (unpaired) electrons. The van der Waals surface area contributed by atoms with E-state index < -0.39 is 10.0 Å². The molecule has 0 aliphatic carbocycles. The number of ether oxygens (including phenoxy) is 1. The molecule has 1 unspecified atom stereocenters. The fraction of sp³-hybridized carbons (Fsp3) is 0.636. The van der Waals surface area contributed by atoms with Gasteiger partial charge in [0.2, 0.25) is 10.0 Å². The van der Waals surface area contributed by atoms with Crippen LogP contribution in [-0.2, 0) is 14.8 Å². The molecule has 0 aromatic carbocycles. The fourth-order valence-electron chi connectivity index (χ4n) is 2.05. The van der Waals surface area contributed by atoms with E-state index in [0.717, 1.165) is 12.2 Å². The van der Waals surface area contributed by atoms with Gasteiger partial charge in [-0.15, -0.1) is 0 Å². The van der Waals surface area contributed by atoms with Crippen molar-refractivity contribution in [2.75, 3.05) is 32.6 Å². The highest BCUT2D eigenvalue weighted by Crippen LogP contribution is 2.29. The Morgan fingerprint density at radius 1 is 1.59 bits per heavy atom. The van der Waals surface area contributed by atoms with Gasteiger partial charge in [-0.25, -0.2) is 12.7 Å². The molecule has 17 heavy (non-hydrogen) atoms. The van der Waals surface area contributed by atoms with E-state index in [-0.39, 0.29) is 18.3 Å². The molecule has 1 aliphatic rings. The first-order chi connectivity index (χ1) is 8.13. The van der Waals surface area contributed by atoms with Gasteiger partial charge < -0.3 is 9.15 Å². The number of rotatable bonds is 5. The zero-order valence-electron chi connectivity index (χ0n) is 9.83. The zero-order valence-corrected chi connectivity index (χ0v) is 10.6. The average Bonchev–Trinajstić information content (AvgIpc) is 2.95. The van der Waals surface area contributed by atoms with Gasteiger partial charge in [0.1, 0.15) is 5.76 Å². The van der Waals surface area contributed by atoms with Gasteiger partial charge in [-0.2, -0.15) is 0 Å². The minimum Gasteiger partial charge on any atom is -0.469 e. The second-order valence-corrected chi connectivity index (χ2v) is 6.26. The Morgan fingerprint density at radius 2 is 2.41 bits per heavy atom. The van der Waals surface area contributed by atoms with Crippen LogP contribution in [0, 0.1) is 0 Å². The molecule has 1 aromatic heterocycles. The number of furan rings is 1. The van der Waals surface area contributed by atoms with E-state index in [1.165, 1.54) is 11.4 Å². The lowest BCUT2D eigenvalue weighted by Crippen LogP contribution is -2.32. The van der Waals surface area contributed by atoms with Gasteiger partial charge in [0, 0.05) is 26.1 Å². The normalized spacial score (nSPS) is 22.1. The molecule has 0 saturated carbocycles. The average molecular weight is 259 g/mol. The SMILES string of the molecule is COCCS(=O)(=O)N1CCC(c2ccco2)C1. The van der Waals surface area contributed by atoms with Gasteiger partial charge in [-0.1, -0.05) is 0 Å². The molecule has 1 atom stereocenters. The Balaban J connectivity index is 1.98. The van der Waals surface area contributed by atoms with Gasteiger partial charge in [0.25, 0.3) is 0 Å². The summed E-state index contributed by atoms with van der Waals surface area (Å²) in [5, 5.41) is 0. The summed E-state index contributed by atoms with van der Waals surface area (Å²) >= 11 is 0. The highest BCUT2D eigenvalue weighted by atomic mass is 32.2. The first kappa shape index (κ1) is 12.6. The summed E-state index contributed by atoms with van der Waals surface area (Å²) in [5.74, 6) is 1.10. The molecule has 1 fully saturated rings. The summed E-state index contributed by atoms with van der Waals surface area (Å²) in [6.07, 6.45) is 2.44. The third-order valence-electron chi connectivity index (χ3n) is 3.04. The van der Waals surface area contributed by atoms with Crippen molar-refractivity contribution in [3.63, 3.8) is 0 Å². The van der Waals surface area contributed by atoms with Crippen LogP contribution in [-0.4, -0.2) is 45.3 Å². The molecule has 6 heteroatoms. The minimum atomic E-state index is -3.18. The molecule has 1 saturated heterocycles. The van der Waals surface area contributed by atoms with Crippen LogP contribution in [0.5, 0.6) is 0 Å². The quantitative estimate of drug-likeness (QED) is 0.793. The summed E-state index contributed by atoms with van der Waals surface area (Å²) < 4.78 is 35.5. The molecule has 2 rings (SSSR count). The van der Waals surface area contributed by atoms with Crippen LogP contribution in [0.1, 0.15) is 18.1 Å². The predicted octanol–water partition coefficient (Wildman–Crippen LogP) is 1.05. The Bertz CT molecular complexity index is 440. The van der Waals surface area contributed by atoms with Crippen molar-refractivity contribution in [1.82, 2.24) is 4.31 Å². The molecule has 0 spiro atoms. The lowest BCUT2D eigenvalue weighted by atomic mass is 10.1. The Labute approximate surface area is 101 Å². The monoisotopic (exact) mass is 259 g/mol. The van der Waals surface area contributed by atoms with Crippen molar-refractivity contribution >= 4 is 10.0 Å². The van der Waals surface area contributed by atoms with Crippen molar-refractivity contribution in [3.8, 4) is 0 Å². The van der Waals surface area contributed by atoms with E-state index >= 15 is 0 Å². The van der Waals surface area contributed by atoms with Gasteiger partial charge in [-0.05, 0) is 18.6 Å². The smallest absolute Gasteiger partial charge is 0.216 e. The summed E-state index contributed by atoms with van der Waals surface area (Å²) in [4.78, 5) is 0. The number of nitrogens with zero attached hydrogens (tertiary/aromatic N) is 1. The first-order valence-electron chi connectivity index (χ1n) is 5.63. The van der Waals surface area contributed by atoms with Crippen molar-refractivity contribution in [2.45, 2.75) is 12.3 Å². The zero-order chi connectivity index (χ0) is 12.3. The van der Waals surface area contributed by atoms with Gasteiger partial charge in [0.15, 0.2) is 0 Å². The summed E-state index contributed by atoms with van der Waals surface area (Å²) in [6, 6.07) is 3.73. The molecule has 0 bridgehead atoms. The van der Waals surface area contributed by atoms with Crippen molar-refractivity contribution < 1.29 is 17.6 Å². The van der Waals surface area contributed by atoms with Crippen LogP contribution >= 0.6 is 0 Å². The minimum absolute atomic E-state index is 0.0500. The molecule has 2 heterocycles.